The van der Waals surface area contributed by atoms with Gasteiger partial charge in [-0.05, 0) is 23.4 Å². The molecular formula is C17H19NOS. The Morgan fingerprint density at radius 3 is 2.75 bits per heavy atom. The second kappa shape index (κ2) is 7.17. The first-order chi connectivity index (χ1) is 9.76. The van der Waals surface area contributed by atoms with Gasteiger partial charge in [0.2, 0.25) is 0 Å². The average Bonchev–Trinajstić information content (AvgIpc) is 2.47. The summed E-state index contributed by atoms with van der Waals surface area (Å²) >= 11 is 1.49. The van der Waals surface area contributed by atoms with Crippen molar-refractivity contribution in [2.45, 2.75) is 12.5 Å². The summed E-state index contributed by atoms with van der Waals surface area (Å²) in [5.74, 6) is 0.868. The van der Waals surface area contributed by atoms with Gasteiger partial charge in [0.15, 0.2) is 0 Å². The maximum Gasteiger partial charge on any atom is 0.130 e. The number of hydrogen-bond donors (Lipinski definition) is 1. The van der Waals surface area contributed by atoms with E-state index in [4.69, 9.17) is 10.5 Å². The normalized spacial score (nSPS) is 12.1. The van der Waals surface area contributed by atoms with Gasteiger partial charge in [-0.3, -0.25) is 0 Å². The predicted molar refractivity (Wildman–Crippen MR) is 89.0 cm³/mol. The quantitative estimate of drug-likeness (QED) is 0.822. The molecule has 1 unspecified atom stereocenters. The number of fused-ring (bicyclic) bond motifs is 1. The zero-order valence-corrected chi connectivity index (χ0v) is 12.2. The van der Waals surface area contributed by atoms with E-state index in [0.717, 1.165) is 22.5 Å². The van der Waals surface area contributed by atoms with Crippen molar-refractivity contribution < 1.29 is 4.74 Å². The van der Waals surface area contributed by atoms with Gasteiger partial charge in [-0.25, -0.2) is 0 Å². The first-order valence-electron chi connectivity index (χ1n) is 6.57. The second-order valence-corrected chi connectivity index (χ2v) is 5.51. The van der Waals surface area contributed by atoms with Crippen LogP contribution in [0.4, 0.5) is 0 Å². The Kier molecular flexibility index (Phi) is 5.27. The standard InChI is InChI=1S/C17H19NOS/c1-3-20-13(2)16(11-12-18)19-17-10-6-8-14-7-4-5-9-15(14)17/h3-10,16H,1-2,11-12,18H2. The maximum atomic E-state index is 6.13. The van der Waals surface area contributed by atoms with E-state index >= 15 is 0 Å². The summed E-state index contributed by atoms with van der Waals surface area (Å²) < 4.78 is 6.13. The highest BCUT2D eigenvalue weighted by molar-refractivity contribution is 8.05. The van der Waals surface area contributed by atoms with Crippen molar-refractivity contribution in [1.82, 2.24) is 0 Å². The van der Waals surface area contributed by atoms with E-state index in [1.807, 2.05) is 24.3 Å². The Morgan fingerprint density at radius 1 is 1.25 bits per heavy atom. The number of hydrogen-bond acceptors (Lipinski definition) is 3. The molecule has 2 N–H and O–H groups in total. The second-order valence-electron chi connectivity index (χ2n) is 4.41. The smallest absolute Gasteiger partial charge is 0.130 e. The van der Waals surface area contributed by atoms with Crippen LogP contribution in [0, 0.1) is 0 Å². The molecule has 2 nitrogen and oxygen atoms in total. The average molecular weight is 285 g/mol. The van der Waals surface area contributed by atoms with Gasteiger partial charge >= 0.3 is 0 Å². The fourth-order valence-corrected chi connectivity index (χ4v) is 2.60. The van der Waals surface area contributed by atoms with Gasteiger partial charge in [0, 0.05) is 16.7 Å². The largest absolute Gasteiger partial charge is 0.485 e. The third-order valence-corrected chi connectivity index (χ3v) is 3.77. The maximum absolute atomic E-state index is 6.13. The highest BCUT2D eigenvalue weighted by atomic mass is 32.2. The molecule has 0 aliphatic carbocycles. The summed E-state index contributed by atoms with van der Waals surface area (Å²) in [5.41, 5.74) is 5.67. The molecule has 0 bridgehead atoms. The summed E-state index contributed by atoms with van der Waals surface area (Å²) in [5, 5.41) is 4.03. The molecule has 0 heterocycles. The molecule has 0 aliphatic heterocycles. The molecule has 0 radical (unpaired) electrons. The topological polar surface area (TPSA) is 35.2 Å². The van der Waals surface area contributed by atoms with Gasteiger partial charge in [0.1, 0.15) is 11.9 Å². The highest BCUT2D eigenvalue weighted by Gasteiger charge is 2.15. The summed E-state index contributed by atoms with van der Waals surface area (Å²) in [6.07, 6.45) is 0.636. The van der Waals surface area contributed by atoms with E-state index in [-0.39, 0.29) is 6.10 Å². The molecular weight excluding hydrogens is 266 g/mol. The lowest BCUT2D eigenvalue weighted by atomic mass is 10.1. The van der Waals surface area contributed by atoms with E-state index in [2.05, 4.69) is 31.4 Å². The Bertz CT molecular complexity index is 603. The van der Waals surface area contributed by atoms with Crippen molar-refractivity contribution in [2.75, 3.05) is 6.54 Å². The van der Waals surface area contributed by atoms with Gasteiger partial charge in [0.05, 0.1) is 0 Å². The Labute approximate surface area is 124 Å². The number of benzene rings is 2. The minimum atomic E-state index is -0.103. The van der Waals surface area contributed by atoms with Crippen LogP contribution in [-0.4, -0.2) is 12.6 Å². The third kappa shape index (κ3) is 3.44. The molecule has 2 rings (SSSR count). The van der Waals surface area contributed by atoms with E-state index < -0.39 is 0 Å². The number of nitrogens with two attached hydrogens (primary N) is 1. The van der Waals surface area contributed by atoms with Gasteiger partial charge in [0.25, 0.3) is 0 Å². The van der Waals surface area contributed by atoms with Crippen molar-refractivity contribution in [3.05, 3.63) is 65.9 Å². The van der Waals surface area contributed by atoms with Crippen LogP contribution in [-0.2, 0) is 0 Å². The van der Waals surface area contributed by atoms with Gasteiger partial charge in [-0.1, -0.05) is 61.3 Å². The van der Waals surface area contributed by atoms with Crippen LogP contribution in [0.5, 0.6) is 5.75 Å². The lowest BCUT2D eigenvalue weighted by Gasteiger charge is -2.20. The first kappa shape index (κ1) is 14.7. The molecule has 0 spiro atoms. The third-order valence-electron chi connectivity index (χ3n) is 3.04. The molecule has 0 fully saturated rings. The van der Waals surface area contributed by atoms with E-state index in [0.29, 0.717) is 6.54 Å². The van der Waals surface area contributed by atoms with Crippen molar-refractivity contribution in [3.63, 3.8) is 0 Å². The van der Waals surface area contributed by atoms with Crippen LogP contribution < -0.4 is 10.5 Å². The summed E-state index contributed by atoms with van der Waals surface area (Å²) in [6, 6.07) is 14.2. The summed E-state index contributed by atoms with van der Waals surface area (Å²) in [6.45, 7) is 8.33. The summed E-state index contributed by atoms with van der Waals surface area (Å²) in [4.78, 5) is 0.929. The molecule has 0 amide bonds. The lowest BCUT2D eigenvalue weighted by Crippen LogP contribution is -2.21. The van der Waals surface area contributed by atoms with Crippen LogP contribution in [0.15, 0.2) is 65.9 Å². The fourth-order valence-electron chi connectivity index (χ4n) is 2.07. The Morgan fingerprint density at radius 2 is 2.00 bits per heavy atom. The van der Waals surface area contributed by atoms with Crippen LogP contribution in [0.1, 0.15) is 6.42 Å². The molecule has 2 aromatic rings. The fraction of sp³-hybridized carbons (Fsp3) is 0.176. The summed E-state index contributed by atoms with van der Waals surface area (Å²) in [7, 11) is 0. The van der Waals surface area contributed by atoms with E-state index in [1.165, 1.54) is 17.1 Å². The molecule has 20 heavy (non-hydrogen) atoms. The number of thioether (sulfide) groups is 1. The first-order valence-corrected chi connectivity index (χ1v) is 7.45. The predicted octanol–water partition coefficient (Wildman–Crippen LogP) is 4.33. The number of rotatable bonds is 7. The van der Waals surface area contributed by atoms with Crippen LogP contribution in [0.3, 0.4) is 0 Å². The molecule has 0 saturated heterocycles. The van der Waals surface area contributed by atoms with Gasteiger partial charge in [-0.15, -0.1) is 0 Å². The Hall–Kier alpha value is -1.71. The molecule has 2 aromatic carbocycles. The van der Waals surface area contributed by atoms with Crippen molar-refractivity contribution in [3.8, 4) is 5.75 Å². The molecule has 1 atom stereocenters. The van der Waals surface area contributed by atoms with Crippen LogP contribution >= 0.6 is 11.8 Å². The van der Waals surface area contributed by atoms with Crippen LogP contribution in [0.25, 0.3) is 10.8 Å². The molecule has 0 aliphatic rings. The molecule has 0 aromatic heterocycles. The van der Waals surface area contributed by atoms with Crippen molar-refractivity contribution in [1.29, 1.82) is 0 Å². The lowest BCUT2D eigenvalue weighted by molar-refractivity contribution is 0.241. The minimum absolute atomic E-state index is 0.103. The molecule has 3 heteroatoms. The zero-order valence-electron chi connectivity index (χ0n) is 11.4. The molecule has 0 saturated carbocycles. The van der Waals surface area contributed by atoms with Crippen molar-refractivity contribution >= 4 is 22.5 Å². The van der Waals surface area contributed by atoms with Crippen molar-refractivity contribution in [2.24, 2.45) is 5.73 Å². The van der Waals surface area contributed by atoms with E-state index in [1.54, 1.807) is 5.41 Å². The van der Waals surface area contributed by atoms with Gasteiger partial charge < -0.3 is 10.5 Å². The highest BCUT2D eigenvalue weighted by Crippen LogP contribution is 2.30. The monoisotopic (exact) mass is 285 g/mol. The zero-order chi connectivity index (χ0) is 14.4. The minimum Gasteiger partial charge on any atom is -0.485 e. The Balaban J connectivity index is 2.28. The van der Waals surface area contributed by atoms with Crippen LogP contribution in [0.2, 0.25) is 0 Å². The number of ether oxygens (including phenoxy) is 1. The van der Waals surface area contributed by atoms with Gasteiger partial charge in [-0.2, -0.15) is 0 Å². The molecule has 104 valence electrons. The SMILES string of the molecule is C=CSC(=C)C(CCN)Oc1cccc2ccccc12. The van der Waals surface area contributed by atoms with E-state index in [9.17, 15) is 0 Å².